The Hall–Kier alpha value is -2.30. The van der Waals surface area contributed by atoms with Crippen LogP contribution < -0.4 is 10.1 Å². The molecule has 5 nitrogen and oxygen atoms in total. The minimum absolute atomic E-state index is 0.00255. The third-order valence-electron chi connectivity index (χ3n) is 2.98. The normalized spacial score (nSPS) is 14.6. The number of hydrogen-bond donors (Lipinski definition) is 1. The van der Waals surface area contributed by atoms with E-state index in [1.807, 2.05) is 38.1 Å². The lowest BCUT2D eigenvalue weighted by atomic mass is 10.1. The number of carbonyl (C=O) groups excluding carboxylic acids is 2. The molecule has 1 atom stereocenters. The summed E-state index contributed by atoms with van der Waals surface area (Å²) in [6, 6.07) is 7.44. The summed E-state index contributed by atoms with van der Waals surface area (Å²) in [5.41, 5.74) is 1.23. The van der Waals surface area contributed by atoms with E-state index in [4.69, 9.17) is 9.47 Å². The zero-order valence-electron chi connectivity index (χ0n) is 12.4. The molecule has 1 aliphatic heterocycles. The lowest BCUT2D eigenvalue weighted by Gasteiger charge is -2.19. The Morgan fingerprint density at radius 1 is 1.24 bits per heavy atom. The Morgan fingerprint density at radius 2 is 1.95 bits per heavy atom. The van der Waals surface area contributed by atoms with Gasteiger partial charge in [-0.2, -0.15) is 0 Å². The topological polar surface area (TPSA) is 64.6 Å². The predicted molar refractivity (Wildman–Crippen MR) is 78.7 cm³/mol. The van der Waals surface area contributed by atoms with Gasteiger partial charge in [0, 0.05) is 11.6 Å². The van der Waals surface area contributed by atoms with Crippen molar-refractivity contribution in [3.63, 3.8) is 0 Å². The summed E-state index contributed by atoms with van der Waals surface area (Å²) in [6.07, 6.45) is 0.895. The number of amides is 1. The Morgan fingerprint density at radius 3 is 2.67 bits per heavy atom. The van der Waals surface area contributed by atoms with Gasteiger partial charge < -0.3 is 14.8 Å². The number of ether oxygens (including phenoxy) is 2. The quantitative estimate of drug-likeness (QED) is 0.860. The van der Waals surface area contributed by atoms with E-state index in [0.717, 1.165) is 11.3 Å². The van der Waals surface area contributed by atoms with Crippen LogP contribution in [0, 0.1) is 0 Å². The highest BCUT2D eigenvalue weighted by atomic mass is 16.6. The Labute approximate surface area is 123 Å². The smallest absolute Gasteiger partial charge is 0.338 e. The van der Waals surface area contributed by atoms with E-state index in [9.17, 15) is 9.59 Å². The van der Waals surface area contributed by atoms with E-state index >= 15 is 0 Å². The first kappa shape index (κ1) is 15.1. The van der Waals surface area contributed by atoms with Crippen molar-refractivity contribution in [3.05, 3.63) is 35.4 Å². The minimum Gasteiger partial charge on any atom is -0.488 e. The molecule has 0 saturated heterocycles. The van der Waals surface area contributed by atoms with Crippen molar-refractivity contribution >= 4 is 18.0 Å². The van der Waals surface area contributed by atoms with E-state index in [1.165, 1.54) is 0 Å². The number of esters is 1. The number of benzene rings is 1. The zero-order valence-corrected chi connectivity index (χ0v) is 12.4. The largest absolute Gasteiger partial charge is 0.488 e. The van der Waals surface area contributed by atoms with Crippen molar-refractivity contribution in [2.75, 3.05) is 6.61 Å². The SMILES string of the molecule is CC(C)NC(=O)[C@@H](C)OC(=O)C1=Cc2ccccc2OC1. The molecule has 1 amide bonds. The van der Waals surface area contributed by atoms with E-state index in [-0.39, 0.29) is 18.6 Å². The Balaban J connectivity index is 2.02. The number of hydrogen-bond acceptors (Lipinski definition) is 4. The molecular formula is C16H19NO4. The summed E-state index contributed by atoms with van der Waals surface area (Å²) in [7, 11) is 0. The molecule has 0 aromatic heterocycles. The van der Waals surface area contributed by atoms with Gasteiger partial charge in [-0.3, -0.25) is 4.79 Å². The molecule has 0 bridgehead atoms. The van der Waals surface area contributed by atoms with Gasteiger partial charge in [-0.05, 0) is 32.9 Å². The fraction of sp³-hybridized carbons (Fsp3) is 0.375. The second kappa shape index (κ2) is 6.43. The molecule has 5 heteroatoms. The molecule has 2 rings (SSSR count). The van der Waals surface area contributed by atoms with Crippen molar-refractivity contribution in [3.8, 4) is 5.75 Å². The minimum atomic E-state index is -0.835. The highest BCUT2D eigenvalue weighted by molar-refractivity contribution is 5.96. The lowest BCUT2D eigenvalue weighted by Crippen LogP contribution is -2.40. The molecule has 21 heavy (non-hydrogen) atoms. The lowest BCUT2D eigenvalue weighted by molar-refractivity contribution is -0.151. The van der Waals surface area contributed by atoms with Crippen molar-refractivity contribution in [2.45, 2.75) is 32.9 Å². The number of nitrogens with one attached hydrogen (secondary N) is 1. The molecule has 1 aliphatic rings. The number of carbonyl (C=O) groups is 2. The van der Waals surface area contributed by atoms with Crippen LogP contribution in [0.15, 0.2) is 29.8 Å². The highest BCUT2D eigenvalue weighted by Crippen LogP contribution is 2.26. The van der Waals surface area contributed by atoms with Crippen molar-refractivity contribution in [2.24, 2.45) is 0 Å². The Kier molecular flexibility index (Phi) is 4.62. The molecule has 0 fully saturated rings. The fourth-order valence-electron chi connectivity index (χ4n) is 1.93. The van der Waals surface area contributed by atoms with E-state index in [0.29, 0.717) is 5.57 Å². The van der Waals surface area contributed by atoms with Gasteiger partial charge >= 0.3 is 5.97 Å². The van der Waals surface area contributed by atoms with Crippen LogP contribution in [0.1, 0.15) is 26.3 Å². The van der Waals surface area contributed by atoms with Crippen LogP contribution in [0.5, 0.6) is 5.75 Å². The van der Waals surface area contributed by atoms with Crippen molar-refractivity contribution < 1.29 is 19.1 Å². The first-order valence-electron chi connectivity index (χ1n) is 6.91. The summed E-state index contributed by atoms with van der Waals surface area (Å²) in [5, 5.41) is 2.70. The molecule has 0 aliphatic carbocycles. The van der Waals surface area contributed by atoms with Gasteiger partial charge in [-0.15, -0.1) is 0 Å². The summed E-state index contributed by atoms with van der Waals surface area (Å²) in [4.78, 5) is 23.8. The molecule has 0 unspecified atom stereocenters. The molecule has 1 N–H and O–H groups in total. The van der Waals surface area contributed by atoms with Gasteiger partial charge in [0.1, 0.15) is 12.4 Å². The predicted octanol–water partition coefficient (Wildman–Crippen LogP) is 1.92. The molecule has 1 aromatic rings. The summed E-state index contributed by atoms with van der Waals surface area (Å²) >= 11 is 0. The van der Waals surface area contributed by atoms with E-state index in [1.54, 1.807) is 13.0 Å². The van der Waals surface area contributed by atoms with Gasteiger partial charge in [0.05, 0.1) is 5.57 Å². The van der Waals surface area contributed by atoms with E-state index < -0.39 is 12.1 Å². The maximum absolute atomic E-state index is 12.1. The molecule has 0 radical (unpaired) electrons. The number of para-hydroxylation sites is 1. The van der Waals surface area contributed by atoms with Crippen LogP contribution in [0.3, 0.4) is 0 Å². The summed E-state index contributed by atoms with van der Waals surface area (Å²) in [5.74, 6) is -0.105. The van der Waals surface area contributed by atoms with Gasteiger partial charge in [0.2, 0.25) is 0 Å². The van der Waals surface area contributed by atoms with Crippen LogP contribution in [0.25, 0.3) is 6.08 Å². The van der Waals surface area contributed by atoms with Crippen LogP contribution in [-0.2, 0) is 14.3 Å². The summed E-state index contributed by atoms with van der Waals surface area (Å²) in [6.45, 7) is 5.39. The van der Waals surface area contributed by atoms with Crippen LogP contribution in [0.2, 0.25) is 0 Å². The molecular weight excluding hydrogens is 270 g/mol. The maximum Gasteiger partial charge on any atom is 0.338 e. The standard InChI is InChI=1S/C16H19NO4/c1-10(2)17-15(18)11(3)21-16(19)13-8-12-6-4-5-7-14(12)20-9-13/h4-8,10-11H,9H2,1-3H3,(H,17,18)/t11-/m1/s1. The zero-order chi connectivity index (χ0) is 15.4. The molecule has 1 aromatic carbocycles. The first-order valence-corrected chi connectivity index (χ1v) is 6.91. The number of rotatable bonds is 4. The van der Waals surface area contributed by atoms with Gasteiger partial charge in [-0.25, -0.2) is 4.79 Å². The average molecular weight is 289 g/mol. The molecule has 112 valence electrons. The maximum atomic E-state index is 12.1. The van der Waals surface area contributed by atoms with E-state index in [2.05, 4.69) is 5.32 Å². The van der Waals surface area contributed by atoms with Crippen molar-refractivity contribution in [1.29, 1.82) is 0 Å². The first-order chi connectivity index (χ1) is 9.97. The van der Waals surface area contributed by atoms with Gasteiger partial charge in [-0.1, -0.05) is 18.2 Å². The fourth-order valence-corrected chi connectivity index (χ4v) is 1.93. The number of fused-ring (bicyclic) bond motifs is 1. The van der Waals surface area contributed by atoms with Crippen LogP contribution in [-0.4, -0.2) is 30.6 Å². The molecule has 0 saturated carbocycles. The third kappa shape index (κ3) is 3.84. The summed E-state index contributed by atoms with van der Waals surface area (Å²) < 4.78 is 10.7. The van der Waals surface area contributed by atoms with Gasteiger partial charge in [0.15, 0.2) is 6.10 Å². The monoisotopic (exact) mass is 289 g/mol. The average Bonchev–Trinajstić information content (AvgIpc) is 2.45. The Bertz CT molecular complexity index is 577. The van der Waals surface area contributed by atoms with Crippen LogP contribution >= 0.6 is 0 Å². The van der Waals surface area contributed by atoms with Crippen LogP contribution in [0.4, 0.5) is 0 Å². The molecule has 1 heterocycles. The molecule has 0 spiro atoms. The van der Waals surface area contributed by atoms with Crippen molar-refractivity contribution in [1.82, 2.24) is 5.32 Å². The third-order valence-corrected chi connectivity index (χ3v) is 2.98. The second-order valence-corrected chi connectivity index (χ2v) is 5.21. The highest BCUT2D eigenvalue weighted by Gasteiger charge is 2.23. The second-order valence-electron chi connectivity index (χ2n) is 5.21. The van der Waals surface area contributed by atoms with Gasteiger partial charge in [0.25, 0.3) is 5.91 Å².